The summed E-state index contributed by atoms with van der Waals surface area (Å²) in [5.41, 5.74) is 0.521. The van der Waals surface area contributed by atoms with Gasteiger partial charge in [0.1, 0.15) is 18.1 Å². The first-order valence-corrected chi connectivity index (χ1v) is 18.4. The van der Waals surface area contributed by atoms with E-state index in [1.165, 1.54) is 47.4 Å². The molecule has 13 heteroatoms. The fraction of sp³-hybridized carbons (Fsp3) is 0.135. The predicted molar refractivity (Wildman–Crippen MR) is 193 cm³/mol. The molecule has 1 aliphatic rings. The third-order valence-corrected chi connectivity index (χ3v) is 13.9. The van der Waals surface area contributed by atoms with Crippen LogP contribution < -0.4 is 15.9 Å². The zero-order valence-electron chi connectivity index (χ0n) is 26.5. The maximum Gasteiger partial charge on any atom is 1.00 e. The topological polar surface area (TPSA) is 116 Å². The first-order valence-electron chi connectivity index (χ1n) is 15.3. The average Bonchev–Trinajstić information content (AvgIpc) is 3.67. The summed E-state index contributed by atoms with van der Waals surface area (Å²) in [7, 11) is 0. The van der Waals surface area contributed by atoms with Crippen molar-refractivity contribution in [2.45, 2.75) is 25.0 Å². The van der Waals surface area contributed by atoms with Gasteiger partial charge in [-0.1, -0.05) is 102 Å². The Kier molecular flexibility index (Phi) is 12.0. The normalized spacial score (nSPS) is 16.0. The van der Waals surface area contributed by atoms with Crippen LogP contribution in [0.4, 0.5) is 5.69 Å². The van der Waals surface area contributed by atoms with Crippen LogP contribution in [0.5, 0.6) is 0 Å². The number of ether oxygens (including phenoxy) is 2. The van der Waals surface area contributed by atoms with E-state index >= 15 is 0 Å². The van der Waals surface area contributed by atoms with E-state index in [-0.39, 0.29) is 40.1 Å². The number of esters is 2. The van der Waals surface area contributed by atoms with Crippen LogP contribution in [-0.4, -0.2) is 38.5 Å². The molecule has 0 saturated carbocycles. The number of hydrogen-bond donors (Lipinski definition) is 0. The fourth-order valence-electron chi connectivity index (χ4n) is 6.02. The molecule has 0 N–H and O–H groups in total. The van der Waals surface area contributed by atoms with E-state index in [9.17, 15) is 24.5 Å². The van der Waals surface area contributed by atoms with Crippen molar-refractivity contribution in [1.29, 1.82) is 0 Å². The second-order valence-corrected chi connectivity index (χ2v) is 15.9. The Labute approximate surface area is 314 Å². The fourth-order valence-corrected chi connectivity index (χ4v) is 11.7. The molecule has 1 aromatic heterocycles. The van der Waals surface area contributed by atoms with Crippen LogP contribution >= 0.6 is 18.2 Å². The molecular formula is C37H30AgN2O7PS2. The van der Waals surface area contributed by atoms with Gasteiger partial charge in [0.15, 0.2) is 0 Å². The summed E-state index contributed by atoms with van der Waals surface area (Å²) in [6, 6.07) is 37.9. The quantitative estimate of drug-likeness (QED) is 0.0329. The number of carbonyl (C=O) groups is 3. The van der Waals surface area contributed by atoms with Crippen molar-refractivity contribution in [1.82, 2.24) is 4.90 Å². The maximum atomic E-state index is 14.8. The van der Waals surface area contributed by atoms with E-state index in [2.05, 4.69) is 0 Å². The van der Waals surface area contributed by atoms with Crippen molar-refractivity contribution in [2.24, 2.45) is 5.92 Å². The van der Waals surface area contributed by atoms with Gasteiger partial charge in [0.2, 0.25) is 5.91 Å². The number of nitro groups is 1. The van der Waals surface area contributed by atoms with Gasteiger partial charge in [0.25, 0.3) is 5.69 Å². The van der Waals surface area contributed by atoms with Crippen molar-refractivity contribution in [3.63, 3.8) is 0 Å². The van der Waals surface area contributed by atoms with Crippen molar-refractivity contribution in [2.75, 3.05) is 0 Å². The standard InChI is InChI=1S/C37H31N2O7PS2.Ag/c1-25(40)46-33(31-18-11-23-49-31)32-34(41)38(36(32)48)35(37(42)45-24-26-19-21-27(22-20-26)39(43)44)47(28-12-5-2-6-13-28,29-14-7-3-8-15-29)30-16-9-4-10-17-30;/h2-23,32-33,36,48H,24H2,1H3;/q;+1/p-1. The molecule has 1 saturated heterocycles. The Hall–Kier alpha value is -4.22. The molecule has 0 aliphatic carbocycles. The van der Waals surface area contributed by atoms with Crippen molar-refractivity contribution in [3.05, 3.63) is 153 Å². The molecule has 4 aromatic carbocycles. The number of non-ortho nitro benzene ring substituents is 1. The molecular weight excluding hydrogens is 787 g/mol. The molecule has 1 aliphatic heterocycles. The van der Waals surface area contributed by atoms with E-state index in [1.807, 2.05) is 96.4 Å². The number of thiophene rings is 1. The first kappa shape index (κ1) is 37.0. The van der Waals surface area contributed by atoms with Crippen LogP contribution in [0.1, 0.15) is 23.5 Å². The van der Waals surface area contributed by atoms with Gasteiger partial charge in [-0.2, -0.15) is 0 Å². The largest absolute Gasteiger partial charge is 1.00 e. The molecule has 0 bridgehead atoms. The zero-order chi connectivity index (χ0) is 34.5. The minimum absolute atomic E-state index is 0. The number of benzene rings is 4. The molecule has 1 fully saturated rings. The summed E-state index contributed by atoms with van der Waals surface area (Å²) in [5, 5.41) is 14.4. The molecule has 0 radical (unpaired) electrons. The molecule has 3 unspecified atom stereocenters. The van der Waals surface area contributed by atoms with Crippen LogP contribution in [0.2, 0.25) is 0 Å². The van der Waals surface area contributed by atoms with E-state index in [1.54, 1.807) is 12.1 Å². The Morgan fingerprint density at radius 1 is 0.860 bits per heavy atom. The summed E-state index contributed by atoms with van der Waals surface area (Å²) >= 11 is 7.41. The van der Waals surface area contributed by atoms with Crippen LogP contribution in [0.15, 0.2) is 133 Å². The van der Waals surface area contributed by atoms with Gasteiger partial charge in [-0.15, -0.1) is 11.3 Å². The second-order valence-electron chi connectivity index (χ2n) is 11.2. The van der Waals surface area contributed by atoms with Crippen LogP contribution in [-0.2, 0) is 65.5 Å². The number of carbonyl (C=O) groups excluding carboxylic acids is 3. The molecule has 0 spiro atoms. The van der Waals surface area contributed by atoms with Crippen LogP contribution in [0.25, 0.3) is 0 Å². The van der Waals surface area contributed by atoms with Gasteiger partial charge in [-0.3, -0.25) is 19.7 Å². The van der Waals surface area contributed by atoms with Gasteiger partial charge < -0.3 is 27.0 Å². The zero-order valence-corrected chi connectivity index (χ0v) is 30.5. The Bertz CT molecular complexity index is 1930. The number of likely N-dealkylation sites (tertiary alicyclic amines) is 1. The van der Waals surface area contributed by atoms with Gasteiger partial charge in [0, 0.05) is 30.8 Å². The summed E-state index contributed by atoms with van der Waals surface area (Å²) in [5.74, 6) is -2.71. The predicted octanol–water partition coefficient (Wildman–Crippen LogP) is 5.46. The molecule has 9 nitrogen and oxygen atoms in total. The SMILES string of the molecule is CC(=O)OC(c1cccs1)C1C(=O)N(C(C(=O)OCc2ccc([N+](=O)[O-])cc2)=P(c2ccccc2)(c2ccccc2)c2ccccc2)C1[S-].[Ag+]. The van der Waals surface area contributed by atoms with Crippen molar-refractivity contribution >= 4 is 75.7 Å². The average molecular weight is 818 g/mol. The Morgan fingerprint density at radius 2 is 1.38 bits per heavy atom. The number of amides is 1. The monoisotopic (exact) mass is 816 g/mol. The van der Waals surface area contributed by atoms with Crippen molar-refractivity contribution in [3.8, 4) is 0 Å². The summed E-state index contributed by atoms with van der Waals surface area (Å²) in [4.78, 5) is 54.3. The number of β-lactam (4-membered cyclic amide) rings is 1. The Morgan fingerprint density at radius 3 is 1.80 bits per heavy atom. The number of hydrogen-bond acceptors (Lipinski definition) is 9. The number of nitrogens with zero attached hydrogens (tertiary/aromatic N) is 2. The Balaban J connectivity index is 0.00000486. The maximum absolute atomic E-state index is 14.8. The summed E-state index contributed by atoms with van der Waals surface area (Å²) in [6.07, 6.45) is -0.931. The molecule has 5 aromatic rings. The van der Waals surface area contributed by atoms with Crippen molar-refractivity contribution < 1.29 is 51.2 Å². The summed E-state index contributed by atoms with van der Waals surface area (Å²) in [6.45, 7) is -2.15. The molecule has 50 heavy (non-hydrogen) atoms. The smallest absolute Gasteiger partial charge is 0.767 e. The number of rotatable bonds is 11. The van der Waals surface area contributed by atoms with E-state index in [4.69, 9.17) is 22.1 Å². The second kappa shape index (κ2) is 16.2. The van der Waals surface area contributed by atoms with Crippen LogP contribution in [0, 0.1) is 16.0 Å². The third-order valence-electron chi connectivity index (χ3n) is 8.20. The summed E-state index contributed by atoms with van der Waals surface area (Å²) < 4.78 is 11.7. The molecule has 1 amide bonds. The molecule has 2 heterocycles. The number of nitro benzene ring substituents is 1. The first-order chi connectivity index (χ1) is 23.7. The minimum Gasteiger partial charge on any atom is -0.767 e. The van der Waals surface area contributed by atoms with Gasteiger partial charge in [0.05, 0.1) is 10.8 Å². The third kappa shape index (κ3) is 7.16. The molecule has 3 atom stereocenters. The van der Waals surface area contributed by atoms with Gasteiger partial charge in [-0.05, 0) is 45.1 Å². The van der Waals surface area contributed by atoms with E-state index in [0.29, 0.717) is 10.4 Å². The van der Waals surface area contributed by atoms with Crippen LogP contribution in [0.3, 0.4) is 0 Å². The molecule has 6 rings (SSSR count). The molecule has 258 valence electrons. The van der Waals surface area contributed by atoms with Gasteiger partial charge in [-0.25, -0.2) is 4.79 Å². The minimum atomic E-state index is -3.22. The van der Waals surface area contributed by atoms with E-state index < -0.39 is 47.1 Å². The van der Waals surface area contributed by atoms with E-state index in [0.717, 1.165) is 15.9 Å². The van der Waals surface area contributed by atoms with Gasteiger partial charge >= 0.3 is 34.3 Å².